The van der Waals surface area contributed by atoms with E-state index in [1.54, 1.807) is 0 Å². The molecular formula is C10H12Br2OS. The molecule has 0 aliphatic carbocycles. The van der Waals surface area contributed by atoms with Gasteiger partial charge in [0.05, 0.1) is 10.9 Å². The van der Waals surface area contributed by atoms with Crippen LogP contribution in [0.25, 0.3) is 0 Å². The van der Waals surface area contributed by atoms with Crippen molar-refractivity contribution in [1.82, 2.24) is 0 Å². The lowest BCUT2D eigenvalue weighted by Gasteiger charge is -2.15. The van der Waals surface area contributed by atoms with Crippen molar-refractivity contribution in [3.05, 3.63) is 20.3 Å². The molecule has 0 saturated carbocycles. The molecule has 2 heterocycles. The standard InChI is InChI=1S/C10H12Br2OS/c1-6-5-7(11)10(14-6)9(12)8-3-2-4-13-8/h5,8-9H,2-4H2,1H3. The topological polar surface area (TPSA) is 9.23 Å². The molecule has 0 amide bonds. The van der Waals surface area contributed by atoms with E-state index in [1.165, 1.54) is 27.1 Å². The first-order valence-corrected chi connectivity index (χ1v) is 7.22. The third-order valence-electron chi connectivity index (χ3n) is 2.38. The van der Waals surface area contributed by atoms with Gasteiger partial charge in [-0.3, -0.25) is 0 Å². The van der Waals surface area contributed by atoms with Crippen LogP contribution >= 0.6 is 43.2 Å². The monoisotopic (exact) mass is 338 g/mol. The Balaban J connectivity index is 2.17. The van der Waals surface area contributed by atoms with E-state index in [2.05, 4.69) is 44.8 Å². The summed E-state index contributed by atoms with van der Waals surface area (Å²) in [7, 11) is 0. The van der Waals surface area contributed by atoms with Crippen molar-refractivity contribution in [2.45, 2.75) is 30.7 Å². The summed E-state index contributed by atoms with van der Waals surface area (Å²) in [5.74, 6) is 0. The molecule has 1 aromatic heterocycles. The van der Waals surface area contributed by atoms with Gasteiger partial charge in [0.25, 0.3) is 0 Å². The zero-order valence-electron chi connectivity index (χ0n) is 7.93. The van der Waals surface area contributed by atoms with Crippen LogP contribution in [0.4, 0.5) is 0 Å². The Hall–Kier alpha value is 0.620. The second-order valence-electron chi connectivity index (χ2n) is 3.52. The van der Waals surface area contributed by atoms with Crippen molar-refractivity contribution in [2.75, 3.05) is 6.61 Å². The number of halogens is 2. The molecule has 1 fully saturated rings. The molecule has 0 aromatic carbocycles. The molecule has 1 aromatic rings. The van der Waals surface area contributed by atoms with Crippen molar-refractivity contribution in [3.63, 3.8) is 0 Å². The van der Waals surface area contributed by atoms with Crippen LogP contribution in [-0.4, -0.2) is 12.7 Å². The van der Waals surface area contributed by atoms with Gasteiger partial charge in [0.15, 0.2) is 0 Å². The molecule has 1 saturated heterocycles. The molecule has 2 atom stereocenters. The SMILES string of the molecule is Cc1cc(Br)c(C(Br)C2CCCO2)s1. The summed E-state index contributed by atoms with van der Waals surface area (Å²) in [6.45, 7) is 3.04. The van der Waals surface area contributed by atoms with Crippen molar-refractivity contribution in [3.8, 4) is 0 Å². The highest BCUT2D eigenvalue weighted by Crippen LogP contribution is 2.41. The molecule has 78 valence electrons. The Labute approximate surface area is 105 Å². The van der Waals surface area contributed by atoms with E-state index in [0.29, 0.717) is 10.9 Å². The van der Waals surface area contributed by atoms with Crippen LogP contribution < -0.4 is 0 Å². The number of ether oxygens (including phenoxy) is 1. The molecule has 14 heavy (non-hydrogen) atoms. The third kappa shape index (κ3) is 2.23. The minimum Gasteiger partial charge on any atom is -0.377 e. The Morgan fingerprint density at radius 3 is 2.93 bits per heavy atom. The first-order chi connectivity index (χ1) is 6.68. The summed E-state index contributed by atoms with van der Waals surface area (Å²) in [5.41, 5.74) is 0. The van der Waals surface area contributed by atoms with Crippen LogP contribution in [0.15, 0.2) is 10.5 Å². The average Bonchev–Trinajstić information content (AvgIpc) is 2.73. The summed E-state index contributed by atoms with van der Waals surface area (Å²) in [4.78, 5) is 3.04. The van der Waals surface area contributed by atoms with Gasteiger partial charge in [-0.1, -0.05) is 15.9 Å². The molecule has 0 spiro atoms. The fourth-order valence-corrected chi connectivity index (χ4v) is 4.87. The molecule has 0 bridgehead atoms. The molecule has 1 nitrogen and oxygen atoms in total. The fraction of sp³-hybridized carbons (Fsp3) is 0.600. The second-order valence-corrected chi connectivity index (χ2v) is 6.65. The molecule has 0 N–H and O–H groups in total. The highest BCUT2D eigenvalue weighted by atomic mass is 79.9. The lowest BCUT2D eigenvalue weighted by Crippen LogP contribution is -2.11. The van der Waals surface area contributed by atoms with Gasteiger partial charge in [-0.25, -0.2) is 0 Å². The van der Waals surface area contributed by atoms with Gasteiger partial charge >= 0.3 is 0 Å². The Morgan fingerprint density at radius 1 is 1.64 bits per heavy atom. The zero-order valence-corrected chi connectivity index (χ0v) is 11.9. The maximum Gasteiger partial charge on any atom is 0.0762 e. The normalized spacial score (nSPS) is 24.1. The van der Waals surface area contributed by atoms with Gasteiger partial charge in [-0.05, 0) is 41.8 Å². The smallest absolute Gasteiger partial charge is 0.0762 e. The lowest BCUT2D eigenvalue weighted by molar-refractivity contribution is 0.111. The second kappa shape index (κ2) is 4.64. The van der Waals surface area contributed by atoms with Gasteiger partial charge in [0.1, 0.15) is 0 Å². The quantitative estimate of drug-likeness (QED) is 0.724. The number of aryl methyl sites for hydroxylation is 1. The maximum absolute atomic E-state index is 5.67. The van der Waals surface area contributed by atoms with Crippen molar-refractivity contribution in [1.29, 1.82) is 0 Å². The van der Waals surface area contributed by atoms with Crippen molar-refractivity contribution >= 4 is 43.2 Å². The highest BCUT2D eigenvalue weighted by molar-refractivity contribution is 9.11. The largest absolute Gasteiger partial charge is 0.377 e. The van der Waals surface area contributed by atoms with Gasteiger partial charge in [-0.2, -0.15) is 0 Å². The summed E-state index contributed by atoms with van der Waals surface area (Å²) in [6.07, 6.45) is 2.71. The minimum absolute atomic E-state index is 0.345. The molecule has 2 rings (SSSR count). The number of hydrogen-bond acceptors (Lipinski definition) is 2. The fourth-order valence-electron chi connectivity index (χ4n) is 1.69. The highest BCUT2D eigenvalue weighted by Gasteiger charge is 2.27. The first kappa shape index (κ1) is 11.1. The zero-order chi connectivity index (χ0) is 10.1. The van der Waals surface area contributed by atoms with Crippen molar-refractivity contribution < 1.29 is 4.74 Å². The van der Waals surface area contributed by atoms with E-state index in [-0.39, 0.29) is 0 Å². The average molecular weight is 340 g/mol. The van der Waals surface area contributed by atoms with Crippen LogP contribution in [0.1, 0.15) is 27.4 Å². The minimum atomic E-state index is 0.345. The van der Waals surface area contributed by atoms with E-state index in [9.17, 15) is 0 Å². The van der Waals surface area contributed by atoms with Crippen LogP contribution in [-0.2, 0) is 4.74 Å². The first-order valence-electron chi connectivity index (χ1n) is 4.70. The lowest BCUT2D eigenvalue weighted by atomic mass is 10.1. The predicted octanol–water partition coefficient (Wildman–Crippen LogP) is 4.43. The van der Waals surface area contributed by atoms with Gasteiger partial charge in [0.2, 0.25) is 0 Å². The van der Waals surface area contributed by atoms with Gasteiger partial charge < -0.3 is 4.74 Å². The summed E-state index contributed by atoms with van der Waals surface area (Å²) >= 11 is 9.16. The molecule has 4 heteroatoms. The predicted molar refractivity (Wildman–Crippen MR) is 67.4 cm³/mol. The molecule has 1 aliphatic heterocycles. The molecule has 1 aliphatic rings. The Kier molecular flexibility index (Phi) is 3.68. The Bertz CT molecular complexity index is 318. The summed E-state index contributed by atoms with van der Waals surface area (Å²) in [5, 5.41) is 0. The molecule has 0 radical (unpaired) electrons. The van der Waals surface area contributed by atoms with Gasteiger partial charge in [-0.15, -0.1) is 11.3 Å². The van der Waals surface area contributed by atoms with E-state index in [1.807, 2.05) is 11.3 Å². The maximum atomic E-state index is 5.67. The van der Waals surface area contributed by atoms with Crippen molar-refractivity contribution in [2.24, 2.45) is 0 Å². The number of alkyl halides is 1. The van der Waals surface area contributed by atoms with Crippen LogP contribution in [0.5, 0.6) is 0 Å². The van der Waals surface area contributed by atoms with E-state index in [4.69, 9.17) is 4.74 Å². The summed E-state index contributed by atoms with van der Waals surface area (Å²) in [6, 6.07) is 2.17. The molecule has 2 unspecified atom stereocenters. The van der Waals surface area contributed by atoms with E-state index < -0.39 is 0 Å². The van der Waals surface area contributed by atoms with E-state index in [0.717, 1.165) is 6.61 Å². The number of hydrogen-bond donors (Lipinski definition) is 0. The van der Waals surface area contributed by atoms with E-state index >= 15 is 0 Å². The third-order valence-corrected chi connectivity index (χ3v) is 5.78. The molecular weight excluding hydrogens is 328 g/mol. The van der Waals surface area contributed by atoms with Gasteiger partial charge in [0, 0.05) is 20.8 Å². The summed E-state index contributed by atoms with van der Waals surface area (Å²) < 4.78 is 6.88. The number of rotatable bonds is 2. The number of thiophene rings is 1. The van der Waals surface area contributed by atoms with Crippen LogP contribution in [0.3, 0.4) is 0 Å². The van der Waals surface area contributed by atoms with Crippen LogP contribution in [0.2, 0.25) is 0 Å². The Morgan fingerprint density at radius 2 is 2.43 bits per heavy atom. The van der Waals surface area contributed by atoms with Crippen LogP contribution in [0, 0.1) is 6.92 Å².